The van der Waals surface area contributed by atoms with Crippen molar-refractivity contribution in [3.05, 3.63) is 132 Å². The largest absolute Gasteiger partial charge is 0.519 e. The SMILES string of the molecule is CCCCCCCCCCCCOc1ccc(OC(=O)Oc2ccc3cc(Oc4ccc(C(=O)c5ccc6cc(S(=O)(=O)CC(C)CC)ccc6c5)cc4)ccc3c2)cc1. The highest BCUT2D eigenvalue weighted by molar-refractivity contribution is 7.91. The third kappa shape index (κ3) is 12.7. The summed E-state index contributed by atoms with van der Waals surface area (Å²) >= 11 is 0. The lowest BCUT2D eigenvalue weighted by molar-refractivity contribution is 0.103. The van der Waals surface area contributed by atoms with E-state index in [4.69, 9.17) is 18.9 Å². The summed E-state index contributed by atoms with van der Waals surface area (Å²) in [6.45, 7) is 6.83. The third-order valence-corrected chi connectivity index (χ3v) is 12.7. The Morgan fingerprint density at radius 3 is 1.70 bits per heavy atom. The predicted octanol–water partition coefficient (Wildman–Crippen LogP) is 13.7. The lowest BCUT2D eigenvalue weighted by atomic mass is 10.00. The Hall–Kier alpha value is -5.67. The lowest BCUT2D eigenvalue weighted by Crippen LogP contribution is -2.13. The number of benzene rings is 6. The monoisotopic (exact) mass is 828 g/mol. The number of hydrogen-bond donors (Lipinski definition) is 0. The van der Waals surface area contributed by atoms with E-state index in [0.717, 1.165) is 40.1 Å². The highest BCUT2D eigenvalue weighted by atomic mass is 32.2. The van der Waals surface area contributed by atoms with Crippen LogP contribution in [0.25, 0.3) is 21.5 Å². The highest BCUT2D eigenvalue weighted by Crippen LogP contribution is 2.30. The molecule has 60 heavy (non-hydrogen) atoms. The minimum Gasteiger partial charge on any atom is -0.494 e. The van der Waals surface area contributed by atoms with Crippen LogP contribution in [0.2, 0.25) is 0 Å². The van der Waals surface area contributed by atoms with Gasteiger partial charge >= 0.3 is 6.16 Å². The zero-order valence-electron chi connectivity index (χ0n) is 35.0. The van der Waals surface area contributed by atoms with Gasteiger partial charge in [-0.2, -0.15) is 0 Å². The van der Waals surface area contributed by atoms with Crippen LogP contribution in [0, 0.1) is 5.92 Å². The van der Waals surface area contributed by atoms with Crippen molar-refractivity contribution in [1.29, 1.82) is 0 Å². The van der Waals surface area contributed by atoms with Crippen LogP contribution >= 0.6 is 0 Å². The molecular formula is C51H56O8S. The molecule has 0 amide bonds. The number of carbonyl (C=O) groups is 2. The number of ketones is 1. The second-order valence-electron chi connectivity index (χ2n) is 15.6. The van der Waals surface area contributed by atoms with Crippen molar-refractivity contribution < 1.29 is 37.0 Å². The van der Waals surface area contributed by atoms with Crippen LogP contribution in [0.5, 0.6) is 28.7 Å². The van der Waals surface area contributed by atoms with Gasteiger partial charge in [-0.15, -0.1) is 0 Å². The van der Waals surface area contributed by atoms with Gasteiger partial charge in [0.15, 0.2) is 15.6 Å². The zero-order valence-corrected chi connectivity index (χ0v) is 35.8. The molecule has 0 fully saturated rings. The standard InChI is InChI=1S/C51H56O8S/c1-4-6-7-8-9-10-11-12-13-14-31-56-44-26-28-46(29-27-44)58-51(53)59-48-25-20-40-33-47(24-19-41(40)34-48)57-45-22-17-38(18-23-45)50(52)43-16-15-42-35-49(30-21-39(42)32-43)60(54,55)36-37(3)5-2/h15-30,32-35,37H,4-14,31,36H2,1-3H3. The predicted molar refractivity (Wildman–Crippen MR) is 240 cm³/mol. The van der Waals surface area contributed by atoms with E-state index in [1.165, 1.54) is 57.8 Å². The van der Waals surface area contributed by atoms with Gasteiger partial charge in [-0.3, -0.25) is 4.79 Å². The Labute approximate surface area is 354 Å². The summed E-state index contributed by atoms with van der Waals surface area (Å²) in [4.78, 5) is 26.3. The van der Waals surface area contributed by atoms with E-state index < -0.39 is 16.0 Å². The average molecular weight is 829 g/mol. The summed E-state index contributed by atoms with van der Waals surface area (Å²) in [6, 6.07) is 35.1. The van der Waals surface area contributed by atoms with Crippen molar-refractivity contribution in [2.75, 3.05) is 12.4 Å². The quantitative estimate of drug-likeness (QED) is 0.0288. The minimum absolute atomic E-state index is 0.0747. The van der Waals surface area contributed by atoms with Crippen molar-refractivity contribution in [2.45, 2.75) is 96.3 Å². The van der Waals surface area contributed by atoms with E-state index in [1.807, 2.05) is 38.1 Å². The molecule has 0 spiro atoms. The van der Waals surface area contributed by atoms with Crippen molar-refractivity contribution in [3.8, 4) is 28.7 Å². The maximum atomic E-state index is 13.4. The maximum absolute atomic E-state index is 13.4. The molecule has 9 heteroatoms. The summed E-state index contributed by atoms with van der Waals surface area (Å²) in [7, 11) is -3.39. The van der Waals surface area contributed by atoms with E-state index in [2.05, 4.69) is 6.92 Å². The fourth-order valence-electron chi connectivity index (χ4n) is 7.05. The van der Waals surface area contributed by atoms with Crippen molar-refractivity contribution in [3.63, 3.8) is 0 Å². The van der Waals surface area contributed by atoms with Crippen LogP contribution in [-0.2, 0) is 9.84 Å². The molecule has 0 aliphatic carbocycles. The van der Waals surface area contributed by atoms with Gasteiger partial charge in [0, 0.05) is 11.1 Å². The molecule has 0 aromatic heterocycles. The average Bonchev–Trinajstić information content (AvgIpc) is 3.25. The Kier molecular flexibility index (Phi) is 15.8. The minimum atomic E-state index is -3.39. The van der Waals surface area contributed by atoms with Crippen LogP contribution in [0.4, 0.5) is 4.79 Å². The van der Waals surface area contributed by atoms with E-state index in [1.54, 1.807) is 97.1 Å². The zero-order chi connectivity index (χ0) is 42.3. The van der Waals surface area contributed by atoms with Crippen molar-refractivity contribution in [1.82, 2.24) is 0 Å². The van der Waals surface area contributed by atoms with Crippen LogP contribution in [0.15, 0.2) is 126 Å². The highest BCUT2D eigenvalue weighted by Gasteiger charge is 2.19. The fourth-order valence-corrected chi connectivity index (χ4v) is 8.81. The van der Waals surface area contributed by atoms with Crippen molar-refractivity contribution >= 4 is 43.3 Å². The van der Waals surface area contributed by atoms with Crippen molar-refractivity contribution in [2.24, 2.45) is 5.92 Å². The summed E-state index contributed by atoms with van der Waals surface area (Å²) in [6.07, 6.45) is 12.7. The molecule has 0 radical (unpaired) electrons. The fraction of sp³-hybridized carbons (Fsp3) is 0.333. The number of sulfone groups is 1. The molecule has 0 N–H and O–H groups in total. The molecular weight excluding hydrogens is 773 g/mol. The first-order chi connectivity index (χ1) is 29.1. The number of unbranched alkanes of at least 4 members (excludes halogenated alkanes) is 9. The number of hydrogen-bond acceptors (Lipinski definition) is 8. The van der Waals surface area contributed by atoms with Gasteiger partial charge in [-0.25, -0.2) is 13.2 Å². The molecule has 0 bridgehead atoms. The molecule has 6 aromatic rings. The van der Waals surface area contributed by atoms with Gasteiger partial charge in [0.1, 0.15) is 28.7 Å². The second kappa shape index (κ2) is 21.5. The molecule has 0 saturated carbocycles. The first-order valence-electron chi connectivity index (χ1n) is 21.4. The normalized spacial score (nSPS) is 12.0. The topological polar surface area (TPSA) is 105 Å². The molecule has 0 heterocycles. The van der Waals surface area contributed by atoms with Gasteiger partial charge in [-0.1, -0.05) is 115 Å². The van der Waals surface area contributed by atoms with Gasteiger partial charge in [-0.05, 0) is 125 Å². The summed E-state index contributed by atoms with van der Waals surface area (Å²) in [5.74, 6) is 2.64. The number of rotatable bonds is 22. The van der Waals surface area contributed by atoms with Gasteiger partial charge in [0.2, 0.25) is 0 Å². The molecule has 6 rings (SSSR count). The Morgan fingerprint density at radius 2 is 1.02 bits per heavy atom. The molecule has 1 atom stereocenters. The number of carbonyl (C=O) groups excluding carboxylic acids is 2. The van der Waals surface area contributed by atoms with Gasteiger partial charge in [0.25, 0.3) is 0 Å². The molecule has 8 nitrogen and oxygen atoms in total. The third-order valence-electron chi connectivity index (χ3n) is 10.8. The van der Waals surface area contributed by atoms with Crippen LogP contribution < -0.4 is 18.9 Å². The van der Waals surface area contributed by atoms with Crippen LogP contribution in [0.1, 0.15) is 107 Å². The maximum Gasteiger partial charge on any atom is 0.519 e. The van der Waals surface area contributed by atoms with Crippen LogP contribution in [-0.4, -0.2) is 32.7 Å². The summed E-state index contributed by atoms with van der Waals surface area (Å²) < 4.78 is 48.6. The molecule has 0 saturated heterocycles. The van der Waals surface area contributed by atoms with E-state index in [0.29, 0.717) is 45.6 Å². The van der Waals surface area contributed by atoms with Gasteiger partial charge < -0.3 is 18.9 Å². The van der Waals surface area contributed by atoms with E-state index in [-0.39, 0.29) is 17.5 Å². The van der Waals surface area contributed by atoms with E-state index in [9.17, 15) is 18.0 Å². The summed E-state index contributed by atoms with van der Waals surface area (Å²) in [5.41, 5.74) is 1.01. The Morgan fingerprint density at radius 1 is 0.517 bits per heavy atom. The first-order valence-corrected chi connectivity index (χ1v) is 23.0. The molecule has 314 valence electrons. The summed E-state index contributed by atoms with van der Waals surface area (Å²) in [5, 5.41) is 3.28. The van der Waals surface area contributed by atoms with Gasteiger partial charge in [0.05, 0.1) is 17.3 Å². The first kappa shape index (κ1) is 43.9. The smallest absolute Gasteiger partial charge is 0.494 e. The van der Waals surface area contributed by atoms with Crippen LogP contribution in [0.3, 0.4) is 0 Å². The Balaban J connectivity index is 0.953. The Bertz CT molecular complexity index is 2460. The number of fused-ring (bicyclic) bond motifs is 2. The molecule has 1 unspecified atom stereocenters. The molecule has 0 aliphatic heterocycles. The second-order valence-corrected chi connectivity index (χ2v) is 17.6. The molecule has 0 aliphatic rings. The lowest BCUT2D eigenvalue weighted by Gasteiger charge is -2.11. The molecule has 6 aromatic carbocycles. The van der Waals surface area contributed by atoms with E-state index >= 15 is 0 Å². The number of ether oxygens (including phenoxy) is 4.